The highest BCUT2D eigenvalue weighted by Crippen LogP contribution is 2.02. The third-order valence-electron chi connectivity index (χ3n) is 2.95. The minimum Gasteiger partial charge on any atom is -0.0641 e. The van der Waals surface area contributed by atoms with Crippen LogP contribution in [0.1, 0.15) is 0 Å². The van der Waals surface area contributed by atoms with E-state index in [1.54, 1.807) is 0 Å². The van der Waals surface area contributed by atoms with Crippen LogP contribution >= 0.6 is 0 Å². The van der Waals surface area contributed by atoms with E-state index in [1.165, 1.54) is 10.4 Å². The van der Waals surface area contributed by atoms with Gasteiger partial charge in [-0.15, -0.1) is 0 Å². The molecule has 0 N–H and O–H groups in total. The van der Waals surface area contributed by atoms with Crippen LogP contribution in [0, 0.1) is 0 Å². The second kappa shape index (κ2) is 4.95. The highest BCUT2D eigenvalue weighted by atomic mass is 29.5. The Hall–Kier alpha value is -0.909. The fourth-order valence-electron chi connectivity index (χ4n) is 1.85. The largest absolute Gasteiger partial charge is 0.0984 e. The van der Waals surface area contributed by atoms with E-state index >= 15 is 0 Å². The van der Waals surface area contributed by atoms with Gasteiger partial charge >= 0.3 is 0 Å². The van der Waals surface area contributed by atoms with Crippen molar-refractivity contribution >= 4 is 36.3 Å². The van der Waals surface area contributed by atoms with Crippen LogP contribution in [0.3, 0.4) is 0 Å². The highest BCUT2D eigenvalue weighted by molar-refractivity contribution is 7.48. The number of rotatable bonds is 3. The molecule has 2 aromatic carbocycles. The lowest BCUT2D eigenvalue weighted by Crippen LogP contribution is -2.61. The van der Waals surface area contributed by atoms with E-state index in [0.717, 1.165) is 8.55 Å². The molecule has 0 spiro atoms. The van der Waals surface area contributed by atoms with Crippen LogP contribution in [0.4, 0.5) is 0 Å². The van der Waals surface area contributed by atoms with Gasteiger partial charge in [0, 0.05) is 18.3 Å². The molecule has 2 rings (SSSR count). The second-order valence-electron chi connectivity index (χ2n) is 3.98. The predicted molar refractivity (Wildman–Crippen MR) is 75.3 cm³/mol. The van der Waals surface area contributed by atoms with Crippen molar-refractivity contribution in [2.24, 2.45) is 0 Å². The molecular formula is C13H13Si3. The van der Waals surface area contributed by atoms with Crippen molar-refractivity contribution in [3.8, 4) is 0 Å². The molecule has 3 heteroatoms. The summed E-state index contributed by atoms with van der Waals surface area (Å²) in [5, 5.41) is 2.99. The summed E-state index contributed by atoms with van der Waals surface area (Å²) in [4.78, 5) is 0. The second-order valence-corrected chi connectivity index (χ2v) is 13.6. The minimum absolute atomic E-state index is 0.801. The Labute approximate surface area is 104 Å². The average Bonchev–Trinajstić information content (AvgIpc) is 2.40. The van der Waals surface area contributed by atoms with Crippen LogP contribution < -0.4 is 10.4 Å². The molecular weight excluding hydrogens is 240 g/mol. The van der Waals surface area contributed by atoms with E-state index in [0.29, 0.717) is 0 Å². The first-order valence-corrected chi connectivity index (χ1v) is 11.3. The minimum atomic E-state index is -1.53. The zero-order valence-electron chi connectivity index (χ0n) is 9.27. The molecule has 0 fully saturated rings. The van der Waals surface area contributed by atoms with Gasteiger partial charge < -0.3 is 0 Å². The fourth-order valence-corrected chi connectivity index (χ4v) is 8.66. The predicted octanol–water partition coefficient (Wildman–Crippen LogP) is 1.16. The number of hydrogen-bond acceptors (Lipinski definition) is 0. The Morgan fingerprint density at radius 1 is 0.812 bits per heavy atom. The summed E-state index contributed by atoms with van der Waals surface area (Å²) in [5.41, 5.74) is 0. The monoisotopic (exact) mass is 253 g/mol. The van der Waals surface area contributed by atoms with Gasteiger partial charge in [0.15, 0.2) is 0 Å². The van der Waals surface area contributed by atoms with Gasteiger partial charge in [0.25, 0.3) is 0 Å². The van der Waals surface area contributed by atoms with E-state index in [4.69, 9.17) is 0 Å². The van der Waals surface area contributed by atoms with Crippen LogP contribution in [0.5, 0.6) is 0 Å². The van der Waals surface area contributed by atoms with Gasteiger partial charge in [-0.25, -0.2) is 0 Å². The van der Waals surface area contributed by atoms with Crippen molar-refractivity contribution in [2.45, 2.75) is 6.55 Å². The molecule has 0 heterocycles. The van der Waals surface area contributed by atoms with Crippen LogP contribution in [0.15, 0.2) is 60.7 Å². The van der Waals surface area contributed by atoms with E-state index < -0.39 is 7.59 Å². The van der Waals surface area contributed by atoms with E-state index in [9.17, 15) is 0 Å². The van der Waals surface area contributed by atoms with Crippen molar-refractivity contribution in [1.82, 2.24) is 0 Å². The fraction of sp³-hybridized carbons (Fsp3) is 0.0769. The summed E-state index contributed by atoms with van der Waals surface area (Å²) in [7, 11) is 3.05. The maximum absolute atomic E-state index is 3.79. The molecule has 0 saturated heterocycles. The lowest BCUT2D eigenvalue weighted by atomic mass is 10.4. The molecule has 16 heavy (non-hydrogen) atoms. The van der Waals surface area contributed by atoms with Crippen LogP contribution in [-0.2, 0) is 0 Å². The molecule has 5 radical (unpaired) electrons. The van der Waals surface area contributed by atoms with Gasteiger partial charge in [0.2, 0.25) is 0 Å². The topological polar surface area (TPSA) is 0 Å². The van der Waals surface area contributed by atoms with Crippen molar-refractivity contribution in [3.05, 3.63) is 60.7 Å². The van der Waals surface area contributed by atoms with E-state index in [-0.39, 0.29) is 0 Å². The summed E-state index contributed by atoms with van der Waals surface area (Å²) in [6, 6.07) is 21.7. The third-order valence-corrected chi connectivity index (χ3v) is 14.2. The number of hydrogen-bond donors (Lipinski definition) is 0. The summed E-state index contributed by atoms with van der Waals surface area (Å²) in [6.07, 6.45) is 0. The van der Waals surface area contributed by atoms with Gasteiger partial charge in [-0.1, -0.05) is 77.6 Å². The molecule has 77 valence electrons. The third kappa shape index (κ3) is 2.11. The van der Waals surface area contributed by atoms with Gasteiger partial charge in [0.05, 0.1) is 7.59 Å². The van der Waals surface area contributed by atoms with Gasteiger partial charge in [-0.05, 0) is 0 Å². The molecule has 0 atom stereocenters. The Morgan fingerprint density at radius 3 is 1.50 bits per heavy atom. The normalized spacial score (nSPS) is 11.4. The van der Waals surface area contributed by atoms with Crippen molar-refractivity contribution < 1.29 is 0 Å². The molecule has 0 aliphatic carbocycles. The molecule has 0 aliphatic heterocycles. The van der Waals surface area contributed by atoms with Crippen LogP contribution in [0.2, 0.25) is 6.55 Å². The summed E-state index contributed by atoms with van der Waals surface area (Å²) in [5.74, 6) is 0. The SMILES string of the molecule is C[Si]([Si][Si])(c1ccccc1)c1ccccc1. The Morgan fingerprint density at radius 2 is 1.19 bits per heavy atom. The molecule has 0 unspecified atom stereocenters. The van der Waals surface area contributed by atoms with Crippen LogP contribution in [-0.4, -0.2) is 25.9 Å². The van der Waals surface area contributed by atoms with Crippen molar-refractivity contribution in [2.75, 3.05) is 0 Å². The zero-order chi connectivity index (χ0) is 11.4. The molecule has 0 aliphatic rings. The smallest absolute Gasteiger partial charge is 0.0641 e. The first kappa shape index (κ1) is 11.6. The van der Waals surface area contributed by atoms with Crippen molar-refractivity contribution in [3.63, 3.8) is 0 Å². The quantitative estimate of drug-likeness (QED) is 0.720. The molecule has 2 aromatic rings. The molecule has 0 nitrogen and oxygen atoms in total. The molecule has 0 bridgehead atoms. The van der Waals surface area contributed by atoms with Gasteiger partial charge in [-0.3, -0.25) is 0 Å². The molecule has 0 amide bonds. The maximum Gasteiger partial charge on any atom is 0.0984 e. The number of benzene rings is 2. The maximum atomic E-state index is 3.79. The van der Waals surface area contributed by atoms with E-state index in [1.807, 2.05) is 0 Å². The molecule has 0 aromatic heterocycles. The first-order chi connectivity index (χ1) is 7.77. The Balaban J connectivity index is 2.49. The van der Waals surface area contributed by atoms with Gasteiger partial charge in [0.1, 0.15) is 0 Å². The molecule has 0 saturated carbocycles. The highest BCUT2D eigenvalue weighted by Gasteiger charge is 2.29. The lowest BCUT2D eigenvalue weighted by Gasteiger charge is -2.26. The van der Waals surface area contributed by atoms with Crippen LogP contribution in [0.25, 0.3) is 0 Å². The lowest BCUT2D eigenvalue weighted by molar-refractivity contribution is 1.71. The average molecular weight is 254 g/mol. The standard InChI is InChI=1S/C13H13Si3/c1-16(15-14,12-8-4-2-5-9-12)13-10-6-3-7-11-13/h2-11H,1H3. The summed E-state index contributed by atoms with van der Waals surface area (Å²) in [6.45, 7) is 2.42. The van der Waals surface area contributed by atoms with E-state index in [2.05, 4.69) is 77.0 Å². The van der Waals surface area contributed by atoms with Gasteiger partial charge in [-0.2, -0.15) is 0 Å². The van der Waals surface area contributed by atoms with Crippen molar-refractivity contribution in [1.29, 1.82) is 0 Å². The zero-order valence-corrected chi connectivity index (χ0v) is 12.3. The summed E-state index contributed by atoms with van der Waals surface area (Å²) < 4.78 is 0. The Kier molecular flexibility index (Phi) is 3.58. The first-order valence-electron chi connectivity index (χ1n) is 5.32. The Bertz CT molecular complexity index is 400. The summed E-state index contributed by atoms with van der Waals surface area (Å²) >= 11 is 0.